The Labute approximate surface area is 88.4 Å². The van der Waals surface area contributed by atoms with Crippen molar-refractivity contribution in [3.05, 3.63) is 36.5 Å². The van der Waals surface area contributed by atoms with Crippen LogP contribution in [-0.4, -0.2) is 0 Å². The molecule has 0 amide bonds. The molecule has 0 saturated heterocycles. The molecular formula is C14H22. The molecule has 1 rings (SSSR count). The number of hydrogen-bond donors (Lipinski definition) is 0. The third-order valence-corrected chi connectivity index (χ3v) is 2.68. The molecule has 0 nitrogen and oxygen atoms in total. The summed E-state index contributed by atoms with van der Waals surface area (Å²) < 4.78 is 0. The molecular weight excluding hydrogens is 168 g/mol. The fraction of sp³-hybridized carbons (Fsp3) is 0.571. The first kappa shape index (κ1) is 11.3. The fourth-order valence-corrected chi connectivity index (χ4v) is 1.24. The summed E-state index contributed by atoms with van der Waals surface area (Å²) in [6, 6.07) is 0. The molecule has 0 aromatic heterocycles. The van der Waals surface area contributed by atoms with Gasteiger partial charge in [0.25, 0.3) is 0 Å². The van der Waals surface area contributed by atoms with Crippen LogP contribution in [0.1, 0.15) is 27.7 Å². The standard InChI is InChI=1S/C14H22/c1-11(2)5-6-12(3)13(4)7-8-14-9-10-14/h5-14H,1-4H3. The molecule has 0 radical (unpaired) electrons. The number of allylic oxidation sites excluding steroid dienone is 6. The van der Waals surface area contributed by atoms with Crippen molar-refractivity contribution < 1.29 is 0 Å². The Balaban J connectivity index is 2.30. The lowest BCUT2D eigenvalue weighted by atomic mass is 9.93. The van der Waals surface area contributed by atoms with E-state index in [-0.39, 0.29) is 0 Å². The summed E-state index contributed by atoms with van der Waals surface area (Å²) in [5.41, 5.74) is 0. The van der Waals surface area contributed by atoms with Crippen molar-refractivity contribution in [1.29, 1.82) is 0 Å². The SMILES string of the molecule is CC(C)C=CC(C)C(C)C=CC1C=C1. The first-order valence-electron chi connectivity index (χ1n) is 5.64. The predicted octanol–water partition coefficient (Wildman–Crippen LogP) is 4.21. The van der Waals surface area contributed by atoms with Crippen LogP contribution in [0, 0.1) is 23.7 Å². The van der Waals surface area contributed by atoms with Crippen LogP contribution in [0.15, 0.2) is 36.5 Å². The zero-order valence-corrected chi connectivity index (χ0v) is 9.77. The number of rotatable bonds is 5. The molecule has 0 saturated carbocycles. The van der Waals surface area contributed by atoms with Gasteiger partial charge in [-0.2, -0.15) is 0 Å². The van der Waals surface area contributed by atoms with Crippen molar-refractivity contribution in [2.24, 2.45) is 23.7 Å². The molecule has 0 heteroatoms. The average molecular weight is 190 g/mol. The smallest absolute Gasteiger partial charge is 0.0128 e. The molecule has 14 heavy (non-hydrogen) atoms. The lowest BCUT2D eigenvalue weighted by Crippen LogP contribution is -2.02. The summed E-state index contributed by atoms with van der Waals surface area (Å²) >= 11 is 0. The summed E-state index contributed by atoms with van der Waals surface area (Å²) in [6.45, 7) is 9.01. The maximum atomic E-state index is 2.33. The Bertz CT molecular complexity index is 221. The van der Waals surface area contributed by atoms with Gasteiger partial charge < -0.3 is 0 Å². The van der Waals surface area contributed by atoms with Gasteiger partial charge in [-0.3, -0.25) is 0 Å². The quantitative estimate of drug-likeness (QED) is 0.570. The van der Waals surface area contributed by atoms with E-state index in [0.29, 0.717) is 23.7 Å². The molecule has 0 heterocycles. The Morgan fingerprint density at radius 2 is 1.43 bits per heavy atom. The predicted molar refractivity (Wildman–Crippen MR) is 64.1 cm³/mol. The van der Waals surface area contributed by atoms with Gasteiger partial charge in [-0.25, -0.2) is 0 Å². The van der Waals surface area contributed by atoms with Gasteiger partial charge in [-0.1, -0.05) is 64.2 Å². The molecule has 1 aliphatic rings. The van der Waals surface area contributed by atoms with E-state index in [1.165, 1.54) is 0 Å². The maximum absolute atomic E-state index is 2.33. The van der Waals surface area contributed by atoms with Crippen molar-refractivity contribution >= 4 is 0 Å². The summed E-state index contributed by atoms with van der Waals surface area (Å²) in [5.74, 6) is 2.62. The fourth-order valence-electron chi connectivity index (χ4n) is 1.24. The van der Waals surface area contributed by atoms with Gasteiger partial charge in [0, 0.05) is 5.92 Å². The number of hydrogen-bond acceptors (Lipinski definition) is 0. The van der Waals surface area contributed by atoms with Crippen LogP contribution in [0.5, 0.6) is 0 Å². The van der Waals surface area contributed by atoms with Crippen molar-refractivity contribution in [1.82, 2.24) is 0 Å². The van der Waals surface area contributed by atoms with E-state index in [2.05, 4.69) is 64.2 Å². The minimum atomic E-state index is 0.646. The molecule has 0 aromatic carbocycles. The van der Waals surface area contributed by atoms with Crippen molar-refractivity contribution in [3.8, 4) is 0 Å². The summed E-state index contributed by atoms with van der Waals surface area (Å²) in [7, 11) is 0. The topological polar surface area (TPSA) is 0 Å². The van der Waals surface area contributed by atoms with Crippen LogP contribution in [0.4, 0.5) is 0 Å². The van der Waals surface area contributed by atoms with Crippen LogP contribution in [0.25, 0.3) is 0 Å². The third-order valence-electron chi connectivity index (χ3n) is 2.68. The van der Waals surface area contributed by atoms with Gasteiger partial charge in [0.05, 0.1) is 0 Å². The monoisotopic (exact) mass is 190 g/mol. The van der Waals surface area contributed by atoms with Crippen LogP contribution in [0.3, 0.4) is 0 Å². The lowest BCUT2D eigenvalue weighted by Gasteiger charge is -2.12. The molecule has 0 fully saturated rings. The van der Waals surface area contributed by atoms with Crippen molar-refractivity contribution in [3.63, 3.8) is 0 Å². The van der Waals surface area contributed by atoms with E-state index in [0.717, 1.165) is 0 Å². The van der Waals surface area contributed by atoms with E-state index in [1.807, 2.05) is 0 Å². The van der Waals surface area contributed by atoms with Crippen LogP contribution < -0.4 is 0 Å². The highest BCUT2D eigenvalue weighted by Gasteiger charge is 2.09. The van der Waals surface area contributed by atoms with Gasteiger partial charge in [-0.05, 0) is 17.8 Å². The zero-order valence-electron chi connectivity index (χ0n) is 9.77. The van der Waals surface area contributed by atoms with Crippen LogP contribution in [0.2, 0.25) is 0 Å². The molecule has 0 spiro atoms. The van der Waals surface area contributed by atoms with E-state index < -0.39 is 0 Å². The molecule has 2 unspecified atom stereocenters. The highest BCUT2D eigenvalue weighted by Crippen LogP contribution is 2.21. The van der Waals surface area contributed by atoms with Crippen LogP contribution >= 0.6 is 0 Å². The average Bonchev–Trinajstić information content (AvgIpc) is 2.93. The van der Waals surface area contributed by atoms with Gasteiger partial charge in [0.2, 0.25) is 0 Å². The highest BCUT2D eigenvalue weighted by atomic mass is 14.1. The molecule has 78 valence electrons. The first-order valence-corrected chi connectivity index (χ1v) is 5.64. The second kappa shape index (κ2) is 5.19. The van der Waals surface area contributed by atoms with Crippen molar-refractivity contribution in [2.45, 2.75) is 27.7 Å². The van der Waals surface area contributed by atoms with Gasteiger partial charge in [0.1, 0.15) is 0 Å². The lowest BCUT2D eigenvalue weighted by molar-refractivity contribution is 0.552. The Morgan fingerprint density at radius 1 is 0.857 bits per heavy atom. The second-order valence-electron chi connectivity index (χ2n) is 4.69. The minimum absolute atomic E-state index is 0.646. The van der Waals surface area contributed by atoms with Gasteiger partial charge in [-0.15, -0.1) is 0 Å². The highest BCUT2D eigenvalue weighted by molar-refractivity contribution is 5.22. The molecule has 0 N–H and O–H groups in total. The van der Waals surface area contributed by atoms with Gasteiger partial charge in [0.15, 0.2) is 0 Å². The summed E-state index contributed by atoms with van der Waals surface area (Å²) in [4.78, 5) is 0. The van der Waals surface area contributed by atoms with Crippen LogP contribution in [-0.2, 0) is 0 Å². The summed E-state index contributed by atoms with van der Waals surface area (Å²) in [6.07, 6.45) is 13.7. The first-order chi connectivity index (χ1) is 6.59. The van der Waals surface area contributed by atoms with Gasteiger partial charge >= 0.3 is 0 Å². The van der Waals surface area contributed by atoms with E-state index in [4.69, 9.17) is 0 Å². The normalized spacial score (nSPS) is 21.2. The largest absolute Gasteiger partial charge is 0.0857 e. The summed E-state index contributed by atoms with van der Waals surface area (Å²) in [5, 5.41) is 0. The molecule has 2 atom stereocenters. The van der Waals surface area contributed by atoms with E-state index >= 15 is 0 Å². The molecule has 0 aromatic rings. The Morgan fingerprint density at radius 3 is 1.93 bits per heavy atom. The Kier molecular flexibility index (Phi) is 4.19. The molecule has 0 aliphatic heterocycles. The third kappa shape index (κ3) is 4.45. The molecule has 0 bridgehead atoms. The Hall–Kier alpha value is -0.780. The van der Waals surface area contributed by atoms with Crippen molar-refractivity contribution in [2.75, 3.05) is 0 Å². The second-order valence-corrected chi connectivity index (χ2v) is 4.69. The zero-order chi connectivity index (χ0) is 10.6. The van der Waals surface area contributed by atoms with E-state index in [9.17, 15) is 0 Å². The maximum Gasteiger partial charge on any atom is 0.0128 e. The minimum Gasteiger partial charge on any atom is -0.0857 e. The van der Waals surface area contributed by atoms with E-state index in [1.54, 1.807) is 0 Å². The molecule has 1 aliphatic carbocycles.